The topological polar surface area (TPSA) is 143 Å². The third-order valence-electron chi connectivity index (χ3n) is 4.61. The van der Waals surface area contributed by atoms with Crippen LogP contribution < -0.4 is 22.1 Å². The maximum Gasteiger partial charge on any atom is 0.234 e. The minimum absolute atomic E-state index is 0.0259. The molecular formula is C22H36N6O3S. The molecule has 1 unspecified atom stereocenters. The van der Waals surface area contributed by atoms with E-state index in [1.807, 2.05) is 36.2 Å². The Morgan fingerprint density at radius 3 is 2.62 bits per heavy atom. The van der Waals surface area contributed by atoms with Gasteiger partial charge in [-0.1, -0.05) is 37.2 Å². The Balaban J connectivity index is 0.00000161. The second-order valence-corrected chi connectivity index (χ2v) is 8.58. The van der Waals surface area contributed by atoms with Gasteiger partial charge in [0.1, 0.15) is 11.7 Å². The quantitative estimate of drug-likeness (QED) is 0.158. The van der Waals surface area contributed by atoms with Crippen molar-refractivity contribution in [2.75, 3.05) is 32.0 Å². The second-order valence-electron chi connectivity index (χ2n) is 7.44. The Labute approximate surface area is 194 Å². The average Bonchev–Trinajstić information content (AvgIpc) is 3.18. The van der Waals surface area contributed by atoms with Crippen molar-refractivity contribution >= 4 is 41.4 Å². The van der Waals surface area contributed by atoms with Crippen molar-refractivity contribution in [1.82, 2.24) is 10.2 Å². The van der Waals surface area contributed by atoms with Gasteiger partial charge < -0.3 is 26.9 Å². The Morgan fingerprint density at radius 2 is 2.00 bits per heavy atom. The molecule has 0 spiro atoms. The molecule has 0 radical (unpaired) electrons. The van der Waals surface area contributed by atoms with E-state index >= 15 is 0 Å². The largest absolute Gasteiger partial charge is 0.370 e. The van der Waals surface area contributed by atoms with E-state index < -0.39 is 11.4 Å². The molecule has 1 aromatic carbocycles. The molecule has 2 rings (SSSR count). The fourth-order valence-corrected chi connectivity index (χ4v) is 4.21. The number of carbonyl (C=O) groups is 3. The van der Waals surface area contributed by atoms with Gasteiger partial charge in [0.2, 0.25) is 5.91 Å². The number of para-hydroxylation sites is 1. The van der Waals surface area contributed by atoms with Crippen molar-refractivity contribution in [1.29, 1.82) is 0 Å². The van der Waals surface area contributed by atoms with E-state index in [2.05, 4.69) is 22.5 Å². The number of Topliss-reactive ketones (excluding diaryl/α,β-unsaturated/α-hetero) is 1. The summed E-state index contributed by atoms with van der Waals surface area (Å²) in [6.07, 6.45) is 3.94. The molecule has 1 heterocycles. The number of ketones is 1. The first-order valence-corrected chi connectivity index (χ1v) is 11.7. The van der Waals surface area contributed by atoms with Crippen LogP contribution in [0.15, 0.2) is 34.2 Å². The number of carbonyl (C=O) groups excluding carboxylic acids is 3. The minimum Gasteiger partial charge on any atom is -0.370 e. The van der Waals surface area contributed by atoms with Crippen LogP contribution in [0, 0.1) is 0 Å². The molecule has 0 aromatic heterocycles. The summed E-state index contributed by atoms with van der Waals surface area (Å²) in [5.74, 6) is -0.164. The van der Waals surface area contributed by atoms with Crippen molar-refractivity contribution in [2.45, 2.75) is 55.8 Å². The van der Waals surface area contributed by atoms with E-state index in [1.165, 1.54) is 18.7 Å². The summed E-state index contributed by atoms with van der Waals surface area (Å²) in [6.45, 7) is 5.10. The summed E-state index contributed by atoms with van der Waals surface area (Å²) in [6, 6.07) is 7.22. The molecule has 1 aliphatic rings. The molecular weight excluding hydrogens is 428 g/mol. The van der Waals surface area contributed by atoms with Crippen molar-refractivity contribution in [2.24, 2.45) is 16.5 Å². The van der Waals surface area contributed by atoms with Gasteiger partial charge in [-0.15, -0.1) is 0 Å². The third-order valence-corrected chi connectivity index (χ3v) is 5.80. The number of aldehydes is 1. The highest BCUT2D eigenvalue weighted by Gasteiger charge is 2.33. The molecule has 178 valence electrons. The van der Waals surface area contributed by atoms with E-state index in [-0.39, 0.29) is 24.2 Å². The lowest BCUT2D eigenvalue weighted by Crippen LogP contribution is -2.48. The lowest BCUT2D eigenvalue weighted by Gasteiger charge is -2.22. The van der Waals surface area contributed by atoms with E-state index in [0.29, 0.717) is 19.4 Å². The summed E-state index contributed by atoms with van der Waals surface area (Å²) in [7, 11) is 1.91. The first-order valence-electron chi connectivity index (χ1n) is 10.8. The van der Waals surface area contributed by atoms with Gasteiger partial charge in [-0.3, -0.25) is 19.5 Å². The van der Waals surface area contributed by atoms with E-state index in [0.717, 1.165) is 36.3 Å². The van der Waals surface area contributed by atoms with Crippen molar-refractivity contribution < 1.29 is 14.4 Å². The number of thioether (sulfide) groups is 1. The highest BCUT2D eigenvalue weighted by atomic mass is 32.2. The van der Waals surface area contributed by atoms with Crippen molar-refractivity contribution in [3.63, 3.8) is 0 Å². The van der Waals surface area contributed by atoms with Gasteiger partial charge in [0.15, 0.2) is 11.7 Å². The average molecular weight is 465 g/mol. The lowest BCUT2D eigenvalue weighted by molar-refractivity contribution is -0.128. The van der Waals surface area contributed by atoms with Gasteiger partial charge in [0.05, 0.1) is 12.6 Å². The number of benzene rings is 1. The van der Waals surface area contributed by atoms with Gasteiger partial charge >= 0.3 is 0 Å². The standard InChI is InChI=1S/C20H32N6O2S.C2H4O/c1-3-4-12-26(2)13-17(27)24-15(9-7-11-23-20(21)22)18(28)19-25-14-8-5-6-10-16(14)29-19;1-2-3/h5-6,8,10,15,19,25H,3-4,7,9,11-13H2,1-2H3,(H,24,27)(H4,21,22,23);2H,1H3/t15-,19?;/m0./s1. The number of hydrogen-bond donors (Lipinski definition) is 4. The summed E-state index contributed by atoms with van der Waals surface area (Å²) in [4.78, 5) is 41.4. The van der Waals surface area contributed by atoms with Crippen LogP contribution in [0.25, 0.3) is 0 Å². The maximum atomic E-state index is 13.1. The molecule has 2 atom stereocenters. The Morgan fingerprint density at radius 1 is 1.31 bits per heavy atom. The number of unbranched alkanes of at least 4 members (excludes halogenated alkanes) is 1. The normalized spacial score (nSPS) is 14.9. The number of likely N-dealkylation sites (N-methyl/N-ethyl adjacent to an activating group) is 1. The number of rotatable bonds is 12. The zero-order chi connectivity index (χ0) is 23.9. The summed E-state index contributed by atoms with van der Waals surface area (Å²) in [5.41, 5.74) is 11.7. The molecule has 9 nitrogen and oxygen atoms in total. The first-order chi connectivity index (χ1) is 15.3. The number of fused-ring (bicyclic) bond motifs is 1. The number of hydrogen-bond acceptors (Lipinski definition) is 7. The summed E-state index contributed by atoms with van der Waals surface area (Å²) < 4.78 is 0. The van der Waals surface area contributed by atoms with Gasteiger partial charge in [0, 0.05) is 17.1 Å². The summed E-state index contributed by atoms with van der Waals surface area (Å²) >= 11 is 1.48. The number of nitrogens with one attached hydrogen (secondary N) is 2. The zero-order valence-electron chi connectivity index (χ0n) is 19.2. The monoisotopic (exact) mass is 464 g/mol. The SMILES string of the molecule is CC=O.CCCCN(C)CC(=O)N[C@@H](CCCN=C(N)N)C(=O)C1Nc2ccccc2S1. The Kier molecular flexibility index (Phi) is 13.1. The van der Waals surface area contributed by atoms with E-state index in [4.69, 9.17) is 16.3 Å². The number of nitrogens with two attached hydrogens (primary N) is 2. The van der Waals surface area contributed by atoms with Crippen molar-refractivity contribution in [3.05, 3.63) is 24.3 Å². The smallest absolute Gasteiger partial charge is 0.234 e. The number of amides is 1. The molecule has 6 N–H and O–H groups in total. The lowest BCUT2D eigenvalue weighted by atomic mass is 10.1. The minimum atomic E-state index is -0.587. The van der Waals surface area contributed by atoms with Crippen molar-refractivity contribution in [3.8, 4) is 0 Å². The predicted octanol–water partition coefficient (Wildman–Crippen LogP) is 1.57. The number of anilines is 1. The number of nitrogens with zero attached hydrogens (tertiary/aromatic N) is 2. The Bertz CT molecular complexity index is 745. The second kappa shape index (κ2) is 15.3. The van der Waals surface area contributed by atoms with Crippen LogP contribution in [0.3, 0.4) is 0 Å². The third kappa shape index (κ3) is 10.1. The highest BCUT2D eigenvalue weighted by Crippen LogP contribution is 2.38. The van der Waals surface area contributed by atoms with E-state index in [1.54, 1.807) is 0 Å². The molecule has 0 saturated heterocycles. The van der Waals surface area contributed by atoms with Crippen LogP contribution >= 0.6 is 11.8 Å². The molecule has 10 heteroatoms. The highest BCUT2D eigenvalue weighted by molar-refractivity contribution is 8.01. The van der Waals surface area contributed by atoms with Gasteiger partial charge in [-0.2, -0.15) is 0 Å². The number of aliphatic imine (C=N–C) groups is 1. The van der Waals surface area contributed by atoms with Crippen LogP contribution in [0.4, 0.5) is 5.69 Å². The molecule has 32 heavy (non-hydrogen) atoms. The molecule has 0 aliphatic carbocycles. The maximum absolute atomic E-state index is 13.1. The molecule has 1 aliphatic heterocycles. The fourth-order valence-electron chi connectivity index (χ4n) is 3.08. The fraction of sp³-hybridized carbons (Fsp3) is 0.545. The van der Waals surface area contributed by atoms with Gasteiger partial charge in [-0.05, 0) is 51.9 Å². The summed E-state index contributed by atoms with van der Waals surface area (Å²) in [5, 5.41) is 5.75. The molecule has 1 amide bonds. The zero-order valence-corrected chi connectivity index (χ0v) is 20.0. The van der Waals surface area contributed by atoms with E-state index in [9.17, 15) is 9.59 Å². The molecule has 1 aromatic rings. The number of guanidine groups is 1. The molecule has 0 fully saturated rings. The van der Waals surface area contributed by atoms with Crippen LogP contribution in [-0.4, -0.2) is 66.9 Å². The van der Waals surface area contributed by atoms with Gasteiger partial charge in [0.25, 0.3) is 0 Å². The first kappa shape index (κ1) is 27.4. The van der Waals surface area contributed by atoms with Crippen LogP contribution in [0.1, 0.15) is 39.5 Å². The van der Waals surface area contributed by atoms with Gasteiger partial charge in [-0.25, -0.2) is 0 Å². The molecule has 0 bridgehead atoms. The van der Waals surface area contributed by atoms with Crippen LogP contribution in [-0.2, 0) is 14.4 Å². The van der Waals surface area contributed by atoms with Crippen LogP contribution in [0.5, 0.6) is 0 Å². The molecule has 0 saturated carbocycles. The Hall–Kier alpha value is -2.59. The predicted molar refractivity (Wildman–Crippen MR) is 131 cm³/mol. The van der Waals surface area contributed by atoms with Crippen LogP contribution in [0.2, 0.25) is 0 Å².